The predicted molar refractivity (Wildman–Crippen MR) is 62.6 cm³/mol. The smallest absolute Gasteiger partial charge is 0.226 e. The van der Waals surface area contributed by atoms with E-state index in [1.54, 1.807) is 7.11 Å². The number of morpholine rings is 1. The first-order valence-corrected chi connectivity index (χ1v) is 6.72. The van der Waals surface area contributed by atoms with E-state index >= 15 is 0 Å². The predicted octanol–water partition coefficient (Wildman–Crippen LogP) is 1.05. The van der Waals surface area contributed by atoms with E-state index in [-0.39, 0.29) is 6.10 Å². The van der Waals surface area contributed by atoms with Gasteiger partial charge in [-0.15, -0.1) is 0 Å². The Morgan fingerprint density at radius 3 is 2.88 bits per heavy atom. The summed E-state index contributed by atoms with van der Waals surface area (Å²) in [5.41, 5.74) is 0. The van der Waals surface area contributed by atoms with Crippen molar-refractivity contribution in [3.8, 4) is 0 Å². The van der Waals surface area contributed by atoms with Gasteiger partial charge < -0.3 is 14.4 Å². The minimum absolute atomic E-state index is 0.214. The molecule has 96 valence electrons. The number of hydrogen-bond donors (Lipinski definition) is 0. The molecule has 0 aromatic rings. The summed E-state index contributed by atoms with van der Waals surface area (Å²) >= 11 is 0. The fourth-order valence-electron chi connectivity index (χ4n) is 3.29. The second-order valence-electron chi connectivity index (χ2n) is 5.50. The van der Waals surface area contributed by atoms with Gasteiger partial charge in [0.2, 0.25) is 5.91 Å². The van der Waals surface area contributed by atoms with Gasteiger partial charge in [0.25, 0.3) is 0 Å². The minimum Gasteiger partial charge on any atom is -0.384 e. The molecule has 0 aromatic carbocycles. The molecule has 1 aliphatic heterocycles. The molecular weight excluding hydrogens is 218 g/mol. The van der Waals surface area contributed by atoms with Crippen molar-refractivity contribution in [2.24, 2.45) is 11.8 Å². The third-order valence-corrected chi connectivity index (χ3v) is 4.31. The second kappa shape index (κ2) is 4.58. The highest BCUT2D eigenvalue weighted by Gasteiger charge is 2.46. The quantitative estimate of drug-likeness (QED) is 0.739. The van der Waals surface area contributed by atoms with Gasteiger partial charge in [-0.25, -0.2) is 0 Å². The second-order valence-corrected chi connectivity index (χ2v) is 5.50. The zero-order valence-electron chi connectivity index (χ0n) is 10.4. The van der Waals surface area contributed by atoms with Gasteiger partial charge in [0, 0.05) is 25.5 Å². The van der Waals surface area contributed by atoms with Gasteiger partial charge in [-0.2, -0.15) is 0 Å². The number of carbonyl (C=O) groups excluding carboxylic acids is 1. The van der Waals surface area contributed by atoms with Crippen molar-refractivity contribution in [1.29, 1.82) is 0 Å². The van der Waals surface area contributed by atoms with Gasteiger partial charge in [-0.05, 0) is 25.7 Å². The number of carbonyl (C=O) groups is 1. The van der Waals surface area contributed by atoms with Crippen molar-refractivity contribution in [3.63, 3.8) is 0 Å². The first kappa shape index (κ1) is 11.5. The SMILES string of the molecule is COCC1CCC2C1OCCN2C(=O)C1CC1. The number of amides is 1. The molecular formula is C13H21NO3. The minimum atomic E-state index is 0.214. The van der Waals surface area contributed by atoms with E-state index in [9.17, 15) is 4.79 Å². The molecule has 3 atom stereocenters. The lowest BCUT2D eigenvalue weighted by molar-refractivity contribution is -0.148. The van der Waals surface area contributed by atoms with Crippen LogP contribution in [0, 0.1) is 11.8 Å². The molecule has 4 heteroatoms. The maximum Gasteiger partial charge on any atom is 0.226 e. The average Bonchev–Trinajstić information content (AvgIpc) is 3.12. The molecule has 0 radical (unpaired) electrons. The Morgan fingerprint density at radius 1 is 1.35 bits per heavy atom. The molecule has 17 heavy (non-hydrogen) atoms. The Labute approximate surface area is 102 Å². The third kappa shape index (κ3) is 2.08. The topological polar surface area (TPSA) is 38.8 Å². The molecule has 0 bridgehead atoms. The zero-order chi connectivity index (χ0) is 11.8. The van der Waals surface area contributed by atoms with Crippen molar-refractivity contribution >= 4 is 5.91 Å². The summed E-state index contributed by atoms with van der Waals surface area (Å²) in [7, 11) is 1.74. The van der Waals surface area contributed by atoms with Crippen LogP contribution in [0.15, 0.2) is 0 Å². The molecule has 2 saturated carbocycles. The Bertz CT molecular complexity index is 303. The van der Waals surface area contributed by atoms with Crippen LogP contribution in [0.25, 0.3) is 0 Å². The highest BCUT2D eigenvalue weighted by atomic mass is 16.5. The Morgan fingerprint density at radius 2 is 2.18 bits per heavy atom. The lowest BCUT2D eigenvalue weighted by Gasteiger charge is -2.39. The normalized spacial score (nSPS) is 37.0. The maximum atomic E-state index is 12.2. The van der Waals surface area contributed by atoms with E-state index in [1.807, 2.05) is 0 Å². The summed E-state index contributed by atoms with van der Waals surface area (Å²) in [6.07, 6.45) is 4.60. The van der Waals surface area contributed by atoms with Crippen LogP contribution in [-0.2, 0) is 14.3 Å². The molecule has 1 saturated heterocycles. The highest BCUT2D eigenvalue weighted by Crippen LogP contribution is 2.38. The van der Waals surface area contributed by atoms with Gasteiger partial charge in [0.1, 0.15) is 0 Å². The fraction of sp³-hybridized carbons (Fsp3) is 0.923. The fourth-order valence-corrected chi connectivity index (χ4v) is 3.29. The van der Waals surface area contributed by atoms with Gasteiger partial charge in [-0.3, -0.25) is 4.79 Å². The van der Waals surface area contributed by atoms with Gasteiger partial charge >= 0.3 is 0 Å². The maximum absolute atomic E-state index is 12.2. The van der Waals surface area contributed by atoms with Crippen LogP contribution in [0.2, 0.25) is 0 Å². The lowest BCUT2D eigenvalue weighted by Crippen LogP contribution is -2.53. The van der Waals surface area contributed by atoms with Crippen LogP contribution in [0.1, 0.15) is 25.7 Å². The van der Waals surface area contributed by atoms with Crippen molar-refractivity contribution in [1.82, 2.24) is 4.90 Å². The van der Waals surface area contributed by atoms with Crippen molar-refractivity contribution in [3.05, 3.63) is 0 Å². The molecule has 3 fully saturated rings. The van der Waals surface area contributed by atoms with E-state index in [0.717, 1.165) is 38.8 Å². The van der Waals surface area contributed by atoms with Crippen LogP contribution >= 0.6 is 0 Å². The molecule has 0 aromatic heterocycles. The van der Waals surface area contributed by atoms with Gasteiger partial charge in [-0.1, -0.05) is 0 Å². The van der Waals surface area contributed by atoms with Crippen LogP contribution in [0.4, 0.5) is 0 Å². The Kier molecular flexibility index (Phi) is 3.09. The third-order valence-electron chi connectivity index (χ3n) is 4.31. The molecule has 0 N–H and O–H groups in total. The van der Waals surface area contributed by atoms with E-state index in [4.69, 9.17) is 9.47 Å². The van der Waals surface area contributed by atoms with Crippen LogP contribution in [0.5, 0.6) is 0 Å². The van der Waals surface area contributed by atoms with Crippen LogP contribution in [0.3, 0.4) is 0 Å². The summed E-state index contributed by atoms with van der Waals surface area (Å²) in [5, 5.41) is 0. The Hall–Kier alpha value is -0.610. The van der Waals surface area contributed by atoms with Crippen molar-refractivity contribution < 1.29 is 14.3 Å². The number of hydrogen-bond acceptors (Lipinski definition) is 3. The molecule has 3 aliphatic rings. The highest BCUT2D eigenvalue weighted by molar-refractivity contribution is 5.81. The summed E-state index contributed by atoms with van der Waals surface area (Å²) in [6, 6.07) is 0.317. The summed E-state index contributed by atoms with van der Waals surface area (Å²) < 4.78 is 11.1. The summed E-state index contributed by atoms with van der Waals surface area (Å²) in [5.74, 6) is 1.18. The zero-order valence-corrected chi connectivity index (χ0v) is 10.4. The lowest BCUT2D eigenvalue weighted by atomic mass is 10.0. The molecule has 0 spiro atoms. The Balaban J connectivity index is 1.69. The summed E-state index contributed by atoms with van der Waals surface area (Å²) in [4.78, 5) is 14.3. The molecule has 1 heterocycles. The van der Waals surface area contributed by atoms with Crippen molar-refractivity contribution in [2.75, 3.05) is 26.9 Å². The van der Waals surface area contributed by atoms with Gasteiger partial charge in [0.05, 0.1) is 25.4 Å². The molecule has 3 rings (SSSR count). The molecule has 2 aliphatic carbocycles. The number of rotatable bonds is 3. The number of methoxy groups -OCH3 is 1. The monoisotopic (exact) mass is 239 g/mol. The molecule has 4 nitrogen and oxygen atoms in total. The first-order valence-electron chi connectivity index (χ1n) is 6.72. The van der Waals surface area contributed by atoms with E-state index in [1.165, 1.54) is 0 Å². The van der Waals surface area contributed by atoms with Gasteiger partial charge in [0.15, 0.2) is 0 Å². The largest absolute Gasteiger partial charge is 0.384 e. The first-order chi connectivity index (χ1) is 8.31. The molecule has 1 amide bonds. The molecule has 3 unspecified atom stereocenters. The average molecular weight is 239 g/mol. The van der Waals surface area contributed by atoms with Crippen LogP contribution < -0.4 is 0 Å². The van der Waals surface area contributed by atoms with E-state index in [0.29, 0.717) is 30.4 Å². The van der Waals surface area contributed by atoms with Crippen molar-refractivity contribution in [2.45, 2.75) is 37.8 Å². The number of ether oxygens (including phenoxy) is 2. The van der Waals surface area contributed by atoms with Crippen LogP contribution in [-0.4, -0.2) is 49.8 Å². The number of fused-ring (bicyclic) bond motifs is 1. The van der Waals surface area contributed by atoms with E-state index < -0.39 is 0 Å². The van der Waals surface area contributed by atoms with E-state index in [2.05, 4.69) is 4.90 Å². The summed E-state index contributed by atoms with van der Waals surface area (Å²) in [6.45, 7) is 2.24. The number of nitrogens with zero attached hydrogens (tertiary/aromatic N) is 1. The standard InChI is InChI=1S/C13H21NO3/c1-16-8-10-4-5-11-12(10)17-7-6-14(11)13(15)9-2-3-9/h9-12H,2-8H2,1H3.